The molecule has 72 valence electrons. The lowest BCUT2D eigenvalue weighted by atomic mass is 9.80. The molecule has 6 heteroatoms. The first kappa shape index (κ1) is 9.98. The molecule has 0 fully saturated rings. The number of rotatable bonds is 1. The van der Waals surface area contributed by atoms with Crippen LogP contribution in [0.4, 0.5) is 4.39 Å². The number of benzene rings is 1. The second-order valence-corrected chi connectivity index (χ2v) is 4.30. The summed E-state index contributed by atoms with van der Waals surface area (Å²) in [7, 11) is -1.52. The molecule has 0 bridgehead atoms. The average Bonchev–Trinajstić information content (AvgIpc) is 2.42. The van der Waals surface area contributed by atoms with Crippen LogP contribution in [0.1, 0.15) is 0 Å². The number of hydrogen-bond donors (Lipinski definition) is 3. The van der Waals surface area contributed by atoms with E-state index in [1.807, 2.05) is 0 Å². The third-order valence-corrected chi connectivity index (χ3v) is 3.47. The summed E-state index contributed by atoms with van der Waals surface area (Å²) in [4.78, 5) is 0.309. The molecule has 0 saturated heterocycles. The van der Waals surface area contributed by atoms with Crippen LogP contribution in [0.15, 0.2) is 23.1 Å². The minimum absolute atomic E-state index is 0.309. The van der Waals surface area contributed by atoms with E-state index in [2.05, 4.69) is 12.6 Å². The van der Waals surface area contributed by atoms with Gasteiger partial charge < -0.3 is 10.0 Å². The lowest BCUT2D eigenvalue weighted by Gasteiger charge is -1.98. The van der Waals surface area contributed by atoms with E-state index in [1.165, 1.54) is 0 Å². The van der Waals surface area contributed by atoms with Gasteiger partial charge in [-0.05, 0) is 11.5 Å². The molecule has 14 heavy (non-hydrogen) atoms. The zero-order valence-electron chi connectivity index (χ0n) is 6.94. The molecule has 0 aliphatic heterocycles. The number of fused-ring (bicyclic) bond motifs is 1. The molecular weight excluding hydrogens is 222 g/mol. The van der Waals surface area contributed by atoms with Gasteiger partial charge in [-0.2, -0.15) is 4.39 Å². The van der Waals surface area contributed by atoms with Gasteiger partial charge in [-0.15, -0.1) is 24.0 Å². The molecule has 1 aromatic carbocycles. The quantitative estimate of drug-likeness (QED) is 0.503. The topological polar surface area (TPSA) is 40.5 Å². The molecule has 1 aromatic heterocycles. The normalized spacial score (nSPS) is 10.9. The van der Waals surface area contributed by atoms with E-state index in [0.717, 1.165) is 11.3 Å². The van der Waals surface area contributed by atoms with E-state index in [4.69, 9.17) is 10.0 Å². The van der Waals surface area contributed by atoms with Gasteiger partial charge in [-0.1, -0.05) is 12.1 Å². The fourth-order valence-electron chi connectivity index (χ4n) is 1.23. The lowest BCUT2D eigenvalue weighted by molar-refractivity contribution is 0.426. The van der Waals surface area contributed by atoms with Crippen molar-refractivity contribution >= 4 is 46.6 Å². The zero-order valence-corrected chi connectivity index (χ0v) is 8.65. The highest BCUT2D eigenvalue weighted by molar-refractivity contribution is 7.80. The SMILES string of the molecule is OB(O)c1ccc2c(S)c(F)sc2c1. The summed E-state index contributed by atoms with van der Waals surface area (Å²) < 4.78 is 13.7. The Bertz CT molecular complexity index is 483. The fourth-order valence-corrected chi connectivity index (χ4v) is 2.51. The molecule has 1 heterocycles. The monoisotopic (exact) mass is 228 g/mol. The van der Waals surface area contributed by atoms with Gasteiger partial charge in [-0.25, -0.2) is 0 Å². The molecule has 0 aliphatic carbocycles. The van der Waals surface area contributed by atoms with Gasteiger partial charge >= 0.3 is 7.12 Å². The molecule has 2 aromatic rings. The predicted molar refractivity (Wildman–Crippen MR) is 58.9 cm³/mol. The van der Waals surface area contributed by atoms with E-state index < -0.39 is 7.12 Å². The molecule has 2 N–H and O–H groups in total. The zero-order chi connectivity index (χ0) is 10.3. The van der Waals surface area contributed by atoms with E-state index in [9.17, 15) is 4.39 Å². The molecular formula is C8H6BFO2S2. The fraction of sp³-hybridized carbons (Fsp3) is 0. The smallest absolute Gasteiger partial charge is 0.423 e. The largest absolute Gasteiger partial charge is 0.488 e. The van der Waals surface area contributed by atoms with Crippen molar-refractivity contribution in [2.24, 2.45) is 0 Å². The highest BCUT2D eigenvalue weighted by atomic mass is 32.1. The molecule has 0 spiro atoms. The number of halogens is 1. The van der Waals surface area contributed by atoms with E-state index >= 15 is 0 Å². The Labute approximate surface area is 89.6 Å². The van der Waals surface area contributed by atoms with E-state index in [0.29, 0.717) is 20.4 Å². The second kappa shape index (κ2) is 3.54. The van der Waals surface area contributed by atoms with Crippen LogP contribution in [-0.2, 0) is 0 Å². The predicted octanol–water partition coefficient (Wildman–Crippen LogP) is 1.01. The van der Waals surface area contributed by atoms with Crippen LogP contribution in [0.2, 0.25) is 0 Å². The van der Waals surface area contributed by atoms with Crippen LogP contribution in [0.25, 0.3) is 10.1 Å². The Balaban J connectivity index is 2.67. The summed E-state index contributed by atoms with van der Waals surface area (Å²) in [6, 6.07) is 4.72. The summed E-state index contributed by atoms with van der Waals surface area (Å²) >= 11 is 4.96. The molecule has 0 radical (unpaired) electrons. The highest BCUT2D eigenvalue weighted by Crippen LogP contribution is 2.31. The average molecular weight is 228 g/mol. The van der Waals surface area contributed by atoms with Crippen LogP contribution in [0, 0.1) is 5.13 Å². The van der Waals surface area contributed by atoms with Gasteiger partial charge in [0.05, 0.1) is 4.90 Å². The standard InChI is InChI=1S/C8H6BFO2S2/c10-8-7(13)5-2-1-4(9(11)12)3-6(5)14-8/h1-3,11-13H. The van der Waals surface area contributed by atoms with Crippen molar-refractivity contribution in [3.8, 4) is 0 Å². The number of thiophene rings is 1. The van der Waals surface area contributed by atoms with E-state index in [1.54, 1.807) is 18.2 Å². The summed E-state index contributed by atoms with van der Waals surface area (Å²) in [6.45, 7) is 0. The third kappa shape index (κ3) is 1.54. The Kier molecular flexibility index (Phi) is 2.53. The Hall–Kier alpha value is -0.555. The van der Waals surface area contributed by atoms with Crippen LogP contribution in [0.3, 0.4) is 0 Å². The molecule has 0 atom stereocenters. The number of thiol groups is 1. The first-order valence-electron chi connectivity index (χ1n) is 3.86. The molecule has 0 aliphatic rings. The summed E-state index contributed by atoms with van der Waals surface area (Å²) in [5, 5.41) is 18.2. The van der Waals surface area contributed by atoms with Gasteiger partial charge in [0.15, 0.2) is 5.13 Å². The van der Waals surface area contributed by atoms with Gasteiger partial charge in [-0.3, -0.25) is 0 Å². The molecule has 0 saturated carbocycles. The Morgan fingerprint density at radius 2 is 2.07 bits per heavy atom. The van der Waals surface area contributed by atoms with Crippen LogP contribution in [-0.4, -0.2) is 17.2 Å². The second-order valence-electron chi connectivity index (χ2n) is 2.85. The first-order valence-corrected chi connectivity index (χ1v) is 5.13. The van der Waals surface area contributed by atoms with Crippen molar-refractivity contribution in [2.45, 2.75) is 4.90 Å². The van der Waals surface area contributed by atoms with Gasteiger partial charge in [0.25, 0.3) is 0 Å². The minimum Gasteiger partial charge on any atom is -0.423 e. The minimum atomic E-state index is -1.52. The van der Waals surface area contributed by atoms with Crippen LogP contribution >= 0.6 is 24.0 Å². The van der Waals surface area contributed by atoms with E-state index in [-0.39, 0.29) is 5.13 Å². The third-order valence-electron chi connectivity index (χ3n) is 1.94. The van der Waals surface area contributed by atoms with Crippen molar-refractivity contribution in [3.63, 3.8) is 0 Å². The summed E-state index contributed by atoms with van der Waals surface area (Å²) in [6.07, 6.45) is 0. The van der Waals surface area contributed by atoms with Crippen molar-refractivity contribution in [1.29, 1.82) is 0 Å². The maximum atomic E-state index is 13.1. The van der Waals surface area contributed by atoms with Crippen molar-refractivity contribution in [2.75, 3.05) is 0 Å². The molecule has 0 unspecified atom stereocenters. The van der Waals surface area contributed by atoms with Crippen molar-refractivity contribution in [3.05, 3.63) is 23.3 Å². The molecule has 0 amide bonds. The van der Waals surface area contributed by atoms with Gasteiger partial charge in [0, 0.05) is 10.1 Å². The Morgan fingerprint density at radius 3 is 2.71 bits per heavy atom. The maximum Gasteiger partial charge on any atom is 0.488 e. The lowest BCUT2D eigenvalue weighted by Crippen LogP contribution is -2.29. The summed E-state index contributed by atoms with van der Waals surface area (Å²) in [5.41, 5.74) is 0.354. The van der Waals surface area contributed by atoms with Crippen molar-refractivity contribution < 1.29 is 14.4 Å². The van der Waals surface area contributed by atoms with Gasteiger partial charge in [0.2, 0.25) is 0 Å². The Morgan fingerprint density at radius 1 is 1.36 bits per heavy atom. The van der Waals surface area contributed by atoms with Crippen LogP contribution in [0.5, 0.6) is 0 Å². The highest BCUT2D eigenvalue weighted by Gasteiger charge is 2.14. The molecule has 2 nitrogen and oxygen atoms in total. The maximum absolute atomic E-state index is 13.1. The number of hydrogen-bond acceptors (Lipinski definition) is 4. The van der Waals surface area contributed by atoms with Crippen LogP contribution < -0.4 is 5.46 Å². The summed E-state index contributed by atoms with van der Waals surface area (Å²) in [5.74, 6) is 0. The molecule has 2 rings (SSSR count). The van der Waals surface area contributed by atoms with Crippen molar-refractivity contribution in [1.82, 2.24) is 0 Å². The first-order chi connectivity index (χ1) is 6.59. The van der Waals surface area contributed by atoms with Gasteiger partial charge in [0.1, 0.15) is 0 Å².